The molecule has 0 aliphatic carbocycles. The minimum Gasteiger partial charge on any atom is -0.356 e. The van der Waals surface area contributed by atoms with Crippen molar-refractivity contribution in [1.82, 2.24) is 9.97 Å². The molecular weight excluding hydrogens is 236 g/mol. The van der Waals surface area contributed by atoms with Gasteiger partial charge in [0.15, 0.2) is 0 Å². The van der Waals surface area contributed by atoms with E-state index in [4.69, 9.17) is 5.73 Å². The van der Waals surface area contributed by atoms with Crippen LogP contribution in [-0.2, 0) is 6.42 Å². The van der Waals surface area contributed by atoms with Crippen molar-refractivity contribution < 1.29 is 0 Å². The van der Waals surface area contributed by atoms with Crippen LogP contribution < -0.4 is 10.6 Å². The van der Waals surface area contributed by atoms with Crippen molar-refractivity contribution in [3.05, 3.63) is 17.6 Å². The number of anilines is 1. The Labute approximate surface area is 116 Å². The molecule has 1 fully saturated rings. The van der Waals surface area contributed by atoms with Crippen molar-refractivity contribution in [3.8, 4) is 0 Å². The molecule has 1 aromatic rings. The van der Waals surface area contributed by atoms with Gasteiger partial charge in [0.25, 0.3) is 0 Å². The third-order valence-corrected chi connectivity index (χ3v) is 3.69. The summed E-state index contributed by atoms with van der Waals surface area (Å²) in [4.78, 5) is 11.4. The van der Waals surface area contributed by atoms with E-state index in [-0.39, 0.29) is 0 Å². The van der Waals surface area contributed by atoms with Gasteiger partial charge in [0.05, 0.1) is 0 Å². The number of aryl methyl sites for hydroxylation is 1. The van der Waals surface area contributed by atoms with E-state index in [2.05, 4.69) is 34.8 Å². The molecule has 4 heteroatoms. The highest BCUT2D eigenvalue weighted by atomic mass is 15.2. The second kappa shape index (κ2) is 6.33. The summed E-state index contributed by atoms with van der Waals surface area (Å²) in [5.41, 5.74) is 6.68. The van der Waals surface area contributed by atoms with Crippen molar-refractivity contribution in [2.45, 2.75) is 40.0 Å². The Morgan fingerprint density at radius 1 is 1.42 bits per heavy atom. The van der Waals surface area contributed by atoms with Gasteiger partial charge in [-0.15, -0.1) is 0 Å². The predicted octanol–water partition coefficient (Wildman–Crippen LogP) is 2.16. The van der Waals surface area contributed by atoms with Crippen LogP contribution in [-0.4, -0.2) is 29.6 Å². The highest BCUT2D eigenvalue weighted by Crippen LogP contribution is 2.27. The van der Waals surface area contributed by atoms with Gasteiger partial charge < -0.3 is 10.6 Å². The lowest BCUT2D eigenvalue weighted by Crippen LogP contribution is -2.22. The summed E-state index contributed by atoms with van der Waals surface area (Å²) in [6.45, 7) is 9.47. The van der Waals surface area contributed by atoms with Crippen LogP contribution in [0.15, 0.2) is 6.07 Å². The quantitative estimate of drug-likeness (QED) is 0.883. The molecule has 1 saturated heterocycles. The van der Waals surface area contributed by atoms with Gasteiger partial charge >= 0.3 is 0 Å². The third-order valence-electron chi connectivity index (χ3n) is 3.69. The smallest absolute Gasteiger partial charge is 0.132 e. The van der Waals surface area contributed by atoms with E-state index >= 15 is 0 Å². The van der Waals surface area contributed by atoms with Gasteiger partial charge in [-0.3, -0.25) is 0 Å². The molecule has 106 valence electrons. The minimum atomic E-state index is 0.645. The fourth-order valence-electron chi connectivity index (χ4n) is 2.95. The fourth-order valence-corrected chi connectivity index (χ4v) is 2.95. The molecule has 2 rings (SSSR count). The zero-order valence-electron chi connectivity index (χ0n) is 12.4. The monoisotopic (exact) mass is 262 g/mol. The first-order chi connectivity index (χ1) is 9.08. The molecule has 0 aromatic carbocycles. The average Bonchev–Trinajstić information content (AvgIpc) is 2.76. The molecule has 2 N–H and O–H groups in total. The van der Waals surface area contributed by atoms with Gasteiger partial charge in [-0.25, -0.2) is 9.97 Å². The number of hydrogen-bond donors (Lipinski definition) is 1. The molecular formula is C15H26N4. The number of rotatable bonds is 5. The lowest BCUT2D eigenvalue weighted by atomic mass is 9.97. The van der Waals surface area contributed by atoms with Gasteiger partial charge in [0.1, 0.15) is 11.6 Å². The summed E-state index contributed by atoms with van der Waals surface area (Å²) in [5, 5.41) is 0. The molecule has 0 radical (unpaired) electrons. The van der Waals surface area contributed by atoms with E-state index in [1.807, 2.05) is 6.92 Å². The van der Waals surface area contributed by atoms with Crippen LogP contribution in [0, 0.1) is 18.8 Å². The summed E-state index contributed by atoms with van der Waals surface area (Å²) < 4.78 is 0. The number of nitrogens with zero attached hydrogens (tertiary/aromatic N) is 3. The van der Waals surface area contributed by atoms with Gasteiger partial charge in [-0.1, -0.05) is 13.8 Å². The Morgan fingerprint density at radius 3 is 2.89 bits per heavy atom. The molecule has 1 aliphatic rings. The third kappa shape index (κ3) is 3.90. The van der Waals surface area contributed by atoms with Crippen LogP contribution in [0.2, 0.25) is 0 Å². The Morgan fingerprint density at radius 2 is 2.21 bits per heavy atom. The maximum absolute atomic E-state index is 5.62. The highest BCUT2D eigenvalue weighted by molar-refractivity contribution is 5.41. The van der Waals surface area contributed by atoms with Crippen LogP contribution in [0.5, 0.6) is 0 Å². The zero-order chi connectivity index (χ0) is 13.8. The largest absolute Gasteiger partial charge is 0.356 e. The normalized spacial score (nSPS) is 19.4. The molecule has 19 heavy (non-hydrogen) atoms. The first kappa shape index (κ1) is 14.3. The molecule has 1 aromatic heterocycles. The fraction of sp³-hybridized carbons (Fsp3) is 0.733. The van der Waals surface area contributed by atoms with E-state index in [1.54, 1.807) is 0 Å². The Balaban J connectivity index is 2.06. The van der Waals surface area contributed by atoms with Crippen LogP contribution in [0.25, 0.3) is 0 Å². The van der Waals surface area contributed by atoms with Crippen molar-refractivity contribution in [2.24, 2.45) is 17.6 Å². The summed E-state index contributed by atoms with van der Waals surface area (Å²) >= 11 is 0. The molecule has 2 heterocycles. The Bertz CT molecular complexity index is 417. The van der Waals surface area contributed by atoms with E-state index in [0.29, 0.717) is 6.54 Å². The average molecular weight is 262 g/mol. The minimum absolute atomic E-state index is 0.645. The van der Waals surface area contributed by atoms with Crippen LogP contribution in [0.3, 0.4) is 0 Å². The van der Waals surface area contributed by atoms with Crippen molar-refractivity contribution in [3.63, 3.8) is 0 Å². The Kier molecular flexibility index (Phi) is 4.75. The first-order valence-corrected chi connectivity index (χ1v) is 7.38. The maximum Gasteiger partial charge on any atom is 0.132 e. The standard InChI is InChI=1S/C15H26N4/c1-11(2)8-13-5-7-19(10-13)15-9-14(4-6-16)17-12(3)18-15/h9,11,13H,4-8,10,16H2,1-3H3/t13-/m1/s1. The van der Waals surface area contributed by atoms with Crippen LogP contribution in [0.4, 0.5) is 5.82 Å². The van der Waals surface area contributed by atoms with E-state index in [9.17, 15) is 0 Å². The Hall–Kier alpha value is -1.16. The van der Waals surface area contributed by atoms with Crippen LogP contribution in [0.1, 0.15) is 38.2 Å². The number of nitrogens with two attached hydrogens (primary N) is 1. The highest BCUT2D eigenvalue weighted by Gasteiger charge is 2.24. The van der Waals surface area contributed by atoms with Gasteiger partial charge in [-0.2, -0.15) is 0 Å². The van der Waals surface area contributed by atoms with Crippen molar-refractivity contribution >= 4 is 5.82 Å². The van der Waals surface area contributed by atoms with Crippen LogP contribution >= 0.6 is 0 Å². The first-order valence-electron chi connectivity index (χ1n) is 7.38. The van der Waals surface area contributed by atoms with E-state index < -0.39 is 0 Å². The molecule has 1 aliphatic heterocycles. The van der Waals surface area contributed by atoms with E-state index in [0.717, 1.165) is 48.7 Å². The predicted molar refractivity (Wildman–Crippen MR) is 79.3 cm³/mol. The number of aromatic nitrogens is 2. The molecule has 0 spiro atoms. The summed E-state index contributed by atoms with van der Waals surface area (Å²) in [7, 11) is 0. The SMILES string of the molecule is Cc1nc(CCN)cc(N2CC[C@H](CC(C)C)C2)n1. The maximum atomic E-state index is 5.62. The summed E-state index contributed by atoms with van der Waals surface area (Å²) in [6.07, 6.45) is 3.43. The molecule has 0 unspecified atom stereocenters. The van der Waals surface area contributed by atoms with Gasteiger partial charge in [-0.05, 0) is 38.1 Å². The van der Waals surface area contributed by atoms with Crippen molar-refractivity contribution in [2.75, 3.05) is 24.5 Å². The number of hydrogen-bond acceptors (Lipinski definition) is 4. The van der Waals surface area contributed by atoms with Gasteiger partial charge in [0, 0.05) is 31.3 Å². The van der Waals surface area contributed by atoms with E-state index in [1.165, 1.54) is 12.8 Å². The van der Waals surface area contributed by atoms with Crippen molar-refractivity contribution in [1.29, 1.82) is 0 Å². The molecule has 0 bridgehead atoms. The second-order valence-corrected chi connectivity index (χ2v) is 6.03. The topological polar surface area (TPSA) is 55.0 Å². The molecule has 0 saturated carbocycles. The summed E-state index contributed by atoms with van der Waals surface area (Å²) in [5.74, 6) is 3.54. The zero-order valence-corrected chi connectivity index (χ0v) is 12.4. The molecule has 4 nitrogen and oxygen atoms in total. The molecule has 1 atom stereocenters. The lowest BCUT2D eigenvalue weighted by molar-refractivity contribution is 0.441. The lowest BCUT2D eigenvalue weighted by Gasteiger charge is -2.19. The van der Waals surface area contributed by atoms with Gasteiger partial charge in [0.2, 0.25) is 0 Å². The molecule has 0 amide bonds. The second-order valence-electron chi connectivity index (χ2n) is 6.03. The summed E-state index contributed by atoms with van der Waals surface area (Å²) in [6, 6.07) is 2.11.